The van der Waals surface area contributed by atoms with Crippen LogP contribution in [0.2, 0.25) is 0 Å². The molecule has 1 aliphatic rings. The molecular formula is C12H8Cl2O4. The van der Waals surface area contributed by atoms with Crippen molar-refractivity contribution >= 4 is 35.1 Å². The summed E-state index contributed by atoms with van der Waals surface area (Å²) in [5, 5.41) is -0.386. The van der Waals surface area contributed by atoms with E-state index in [4.69, 9.17) is 32.7 Å². The Morgan fingerprint density at radius 3 is 2.56 bits per heavy atom. The van der Waals surface area contributed by atoms with Crippen molar-refractivity contribution < 1.29 is 19.1 Å². The first-order valence-electron chi connectivity index (χ1n) is 5.03. The van der Waals surface area contributed by atoms with Gasteiger partial charge in [0.2, 0.25) is 0 Å². The molecule has 1 aliphatic heterocycles. The lowest BCUT2D eigenvalue weighted by atomic mass is 10.1. The van der Waals surface area contributed by atoms with Gasteiger partial charge in [0.25, 0.3) is 6.29 Å². The molecule has 0 aromatic heterocycles. The second-order valence-electron chi connectivity index (χ2n) is 3.62. The third-order valence-corrected chi connectivity index (χ3v) is 3.21. The number of esters is 2. The van der Waals surface area contributed by atoms with E-state index in [1.54, 1.807) is 31.2 Å². The van der Waals surface area contributed by atoms with Crippen LogP contribution < -0.4 is 0 Å². The summed E-state index contributed by atoms with van der Waals surface area (Å²) in [5.74, 6) is -1.43. The molecule has 1 unspecified atom stereocenters. The Bertz CT molecular complexity index is 551. The average molecular weight is 287 g/mol. The van der Waals surface area contributed by atoms with Gasteiger partial charge in [-0.05, 0) is 18.6 Å². The third kappa shape index (κ3) is 2.35. The van der Waals surface area contributed by atoms with Crippen LogP contribution in [0.1, 0.15) is 15.9 Å². The van der Waals surface area contributed by atoms with E-state index in [0.717, 1.165) is 5.56 Å². The summed E-state index contributed by atoms with van der Waals surface area (Å²) < 4.78 is 9.67. The van der Waals surface area contributed by atoms with Crippen molar-refractivity contribution in [3.05, 3.63) is 45.5 Å². The minimum atomic E-state index is -1.27. The maximum Gasteiger partial charge on any atom is 0.354 e. The van der Waals surface area contributed by atoms with Crippen molar-refractivity contribution in [3.8, 4) is 0 Å². The lowest BCUT2D eigenvalue weighted by Crippen LogP contribution is -2.20. The quantitative estimate of drug-likeness (QED) is 0.785. The molecule has 4 nitrogen and oxygen atoms in total. The van der Waals surface area contributed by atoms with Crippen LogP contribution in [0.3, 0.4) is 0 Å². The Morgan fingerprint density at radius 2 is 2.00 bits per heavy atom. The van der Waals surface area contributed by atoms with Crippen molar-refractivity contribution in [1.82, 2.24) is 0 Å². The number of rotatable bonds is 2. The van der Waals surface area contributed by atoms with Gasteiger partial charge in [-0.2, -0.15) is 0 Å². The van der Waals surface area contributed by atoms with Gasteiger partial charge in [0.15, 0.2) is 0 Å². The van der Waals surface area contributed by atoms with Crippen molar-refractivity contribution in [2.45, 2.75) is 13.2 Å². The fraction of sp³-hybridized carbons (Fsp3) is 0.167. The second kappa shape index (κ2) is 5.00. The van der Waals surface area contributed by atoms with Gasteiger partial charge in [0.05, 0.1) is 5.56 Å². The zero-order valence-corrected chi connectivity index (χ0v) is 10.8. The van der Waals surface area contributed by atoms with Crippen molar-refractivity contribution in [3.63, 3.8) is 0 Å². The van der Waals surface area contributed by atoms with Crippen LogP contribution >= 0.6 is 23.2 Å². The molecule has 2 rings (SSSR count). The zero-order valence-electron chi connectivity index (χ0n) is 9.28. The van der Waals surface area contributed by atoms with Gasteiger partial charge in [-0.3, -0.25) is 0 Å². The summed E-state index contributed by atoms with van der Waals surface area (Å²) in [5.41, 5.74) is 1.12. The summed E-state index contributed by atoms with van der Waals surface area (Å²) in [7, 11) is 0. The highest BCUT2D eigenvalue weighted by Crippen LogP contribution is 2.30. The van der Waals surface area contributed by atoms with Crippen LogP contribution in [0.5, 0.6) is 0 Å². The van der Waals surface area contributed by atoms with Crippen LogP contribution in [-0.4, -0.2) is 18.2 Å². The molecule has 0 fully saturated rings. The predicted octanol–water partition coefficient (Wildman–Crippen LogP) is 2.72. The SMILES string of the molecule is Cc1ccccc1C(=O)OC1OC(=O)C(Cl)=C1Cl. The molecule has 0 amide bonds. The molecule has 18 heavy (non-hydrogen) atoms. The molecule has 0 aliphatic carbocycles. The van der Waals surface area contributed by atoms with Crippen LogP contribution in [0.25, 0.3) is 0 Å². The molecule has 0 radical (unpaired) electrons. The van der Waals surface area contributed by atoms with Gasteiger partial charge in [0.1, 0.15) is 10.1 Å². The van der Waals surface area contributed by atoms with Crippen molar-refractivity contribution in [2.24, 2.45) is 0 Å². The third-order valence-electron chi connectivity index (χ3n) is 2.39. The number of ether oxygens (including phenoxy) is 2. The number of benzene rings is 1. The Kier molecular flexibility index (Phi) is 3.59. The van der Waals surface area contributed by atoms with Crippen LogP contribution in [0, 0.1) is 6.92 Å². The number of halogens is 2. The Morgan fingerprint density at radius 1 is 1.33 bits per heavy atom. The predicted molar refractivity (Wildman–Crippen MR) is 65.2 cm³/mol. The first kappa shape index (κ1) is 12.9. The fourth-order valence-electron chi connectivity index (χ4n) is 1.44. The molecule has 1 atom stereocenters. The zero-order chi connectivity index (χ0) is 13.3. The topological polar surface area (TPSA) is 52.6 Å². The van der Waals surface area contributed by atoms with Gasteiger partial charge in [-0.15, -0.1) is 0 Å². The lowest BCUT2D eigenvalue weighted by molar-refractivity contribution is -0.151. The van der Waals surface area contributed by atoms with E-state index in [1.165, 1.54) is 0 Å². The maximum atomic E-state index is 11.8. The molecule has 6 heteroatoms. The van der Waals surface area contributed by atoms with Gasteiger partial charge < -0.3 is 9.47 Å². The molecule has 0 saturated carbocycles. The highest BCUT2D eigenvalue weighted by molar-refractivity contribution is 6.48. The van der Waals surface area contributed by atoms with E-state index in [-0.39, 0.29) is 10.1 Å². The number of hydrogen-bond donors (Lipinski definition) is 0. The Balaban J connectivity index is 2.15. The number of carbonyl (C=O) groups is 2. The number of carbonyl (C=O) groups excluding carboxylic acids is 2. The van der Waals surface area contributed by atoms with Crippen molar-refractivity contribution in [1.29, 1.82) is 0 Å². The Labute approximate surface area is 113 Å². The molecule has 0 bridgehead atoms. The van der Waals surface area contributed by atoms with Gasteiger partial charge in [-0.1, -0.05) is 41.4 Å². The van der Waals surface area contributed by atoms with Crippen LogP contribution in [0.15, 0.2) is 34.3 Å². The van der Waals surface area contributed by atoms with Gasteiger partial charge >= 0.3 is 11.9 Å². The first-order chi connectivity index (χ1) is 8.50. The van der Waals surface area contributed by atoms with Crippen molar-refractivity contribution in [2.75, 3.05) is 0 Å². The molecular weight excluding hydrogens is 279 g/mol. The van der Waals surface area contributed by atoms with E-state index in [2.05, 4.69) is 0 Å². The van der Waals surface area contributed by atoms with Crippen LogP contribution in [-0.2, 0) is 14.3 Å². The fourth-order valence-corrected chi connectivity index (χ4v) is 1.74. The molecule has 0 spiro atoms. The molecule has 1 heterocycles. The summed E-state index contributed by atoms with van der Waals surface area (Å²) in [6, 6.07) is 6.87. The average Bonchev–Trinajstić information content (AvgIpc) is 2.57. The Hall–Kier alpha value is -1.52. The van der Waals surface area contributed by atoms with Crippen LogP contribution in [0.4, 0.5) is 0 Å². The molecule has 0 N–H and O–H groups in total. The molecule has 1 aromatic carbocycles. The largest absolute Gasteiger partial charge is 0.416 e. The van der Waals surface area contributed by atoms with E-state index < -0.39 is 18.2 Å². The highest BCUT2D eigenvalue weighted by Gasteiger charge is 2.35. The smallest absolute Gasteiger partial charge is 0.354 e. The summed E-state index contributed by atoms with van der Waals surface area (Å²) in [6.45, 7) is 1.77. The van der Waals surface area contributed by atoms with Gasteiger partial charge in [-0.25, -0.2) is 9.59 Å². The monoisotopic (exact) mass is 286 g/mol. The first-order valence-corrected chi connectivity index (χ1v) is 5.79. The normalized spacial score (nSPS) is 18.8. The lowest BCUT2D eigenvalue weighted by Gasteiger charge is -2.12. The van der Waals surface area contributed by atoms with E-state index in [1.807, 2.05) is 0 Å². The highest BCUT2D eigenvalue weighted by atomic mass is 35.5. The second-order valence-corrected chi connectivity index (χ2v) is 4.40. The minimum absolute atomic E-state index is 0.122. The summed E-state index contributed by atoms with van der Waals surface area (Å²) >= 11 is 11.3. The maximum absolute atomic E-state index is 11.8. The van der Waals surface area contributed by atoms with E-state index in [9.17, 15) is 9.59 Å². The molecule has 94 valence electrons. The summed E-state index contributed by atoms with van der Waals surface area (Å²) in [6.07, 6.45) is -1.27. The number of aryl methyl sites for hydroxylation is 1. The summed E-state index contributed by atoms with van der Waals surface area (Å²) in [4.78, 5) is 22.9. The van der Waals surface area contributed by atoms with E-state index >= 15 is 0 Å². The minimum Gasteiger partial charge on any atom is -0.416 e. The number of hydrogen-bond acceptors (Lipinski definition) is 4. The number of cyclic esters (lactones) is 1. The molecule has 1 aromatic rings. The standard InChI is InChI=1S/C12H8Cl2O4/c1-6-4-2-3-5-7(6)10(15)17-12-9(14)8(13)11(16)18-12/h2-5,12H,1H3. The molecule has 0 saturated heterocycles. The van der Waals surface area contributed by atoms with Gasteiger partial charge in [0, 0.05) is 0 Å². The van der Waals surface area contributed by atoms with E-state index in [0.29, 0.717) is 5.56 Å².